The SMILES string of the molecule is Cc1[nH]c2ccccc2c1CC[AsH]Cc1ccc(C=CC(=O)NO)cc1. The van der Waals surface area contributed by atoms with Crippen LogP contribution in [0.4, 0.5) is 0 Å². The summed E-state index contributed by atoms with van der Waals surface area (Å²) < 4.78 is 0. The number of H-pyrrole nitrogens is 1. The van der Waals surface area contributed by atoms with E-state index in [4.69, 9.17) is 5.21 Å². The van der Waals surface area contributed by atoms with Crippen molar-refractivity contribution in [1.82, 2.24) is 10.5 Å². The molecular formula is C21H23AsN2O2. The third kappa shape index (κ3) is 4.66. The first-order valence-corrected chi connectivity index (χ1v) is 11.6. The molecule has 0 radical (unpaired) electrons. The molecule has 0 aliphatic heterocycles. The summed E-state index contributed by atoms with van der Waals surface area (Å²) in [4.78, 5) is 14.5. The second-order valence-corrected chi connectivity index (χ2v) is 9.09. The summed E-state index contributed by atoms with van der Waals surface area (Å²) in [5.74, 6) is -0.520. The van der Waals surface area contributed by atoms with Crippen molar-refractivity contribution in [2.75, 3.05) is 0 Å². The van der Waals surface area contributed by atoms with E-state index in [0.29, 0.717) is 0 Å². The summed E-state index contributed by atoms with van der Waals surface area (Å²) in [6.07, 6.45) is 4.14. The Hall–Kier alpha value is -2.29. The molecule has 0 saturated carbocycles. The number of aromatic amines is 1. The van der Waals surface area contributed by atoms with Gasteiger partial charge in [0.1, 0.15) is 0 Å². The third-order valence-electron chi connectivity index (χ3n) is 4.42. The zero-order chi connectivity index (χ0) is 18.4. The first kappa shape index (κ1) is 18.5. The fraction of sp³-hybridized carbons (Fsp3) is 0.190. The van der Waals surface area contributed by atoms with E-state index in [-0.39, 0.29) is 15.8 Å². The number of hydrogen-bond acceptors (Lipinski definition) is 2. The molecule has 0 aliphatic rings. The number of hydrogen-bond donors (Lipinski definition) is 3. The molecule has 3 aromatic rings. The number of hydroxylamine groups is 1. The molecule has 134 valence electrons. The Morgan fingerprint density at radius 1 is 1.19 bits per heavy atom. The van der Waals surface area contributed by atoms with E-state index in [1.54, 1.807) is 11.6 Å². The van der Waals surface area contributed by atoms with Crippen LogP contribution in [0.5, 0.6) is 0 Å². The predicted molar refractivity (Wildman–Crippen MR) is 108 cm³/mol. The zero-order valence-corrected chi connectivity index (χ0v) is 16.8. The van der Waals surface area contributed by atoms with Crippen LogP contribution in [-0.2, 0) is 16.4 Å². The minimum atomic E-state index is -0.520. The fourth-order valence-electron chi connectivity index (χ4n) is 3.06. The number of fused-ring (bicyclic) bond motifs is 1. The Bertz CT molecular complexity index is 913. The van der Waals surface area contributed by atoms with Gasteiger partial charge in [0, 0.05) is 0 Å². The number of nitrogens with one attached hydrogen (secondary N) is 2. The van der Waals surface area contributed by atoms with Crippen LogP contribution in [0.2, 0.25) is 5.21 Å². The Kier molecular flexibility index (Phi) is 6.32. The van der Waals surface area contributed by atoms with Crippen molar-refractivity contribution in [3.8, 4) is 0 Å². The van der Waals surface area contributed by atoms with E-state index in [0.717, 1.165) is 12.0 Å². The van der Waals surface area contributed by atoms with Crippen LogP contribution in [-0.4, -0.2) is 31.9 Å². The molecule has 1 unspecified atom stereocenters. The van der Waals surface area contributed by atoms with Crippen LogP contribution in [0.3, 0.4) is 0 Å². The van der Waals surface area contributed by atoms with E-state index < -0.39 is 5.91 Å². The van der Waals surface area contributed by atoms with Gasteiger partial charge in [-0.1, -0.05) is 0 Å². The van der Waals surface area contributed by atoms with Crippen LogP contribution in [0.15, 0.2) is 54.6 Å². The Morgan fingerprint density at radius 2 is 1.96 bits per heavy atom. The average Bonchev–Trinajstić information content (AvgIpc) is 2.99. The number of aromatic nitrogens is 1. The van der Waals surface area contributed by atoms with Crippen LogP contribution < -0.4 is 5.48 Å². The molecule has 1 atom stereocenters. The number of aryl methyl sites for hydroxylation is 2. The van der Waals surface area contributed by atoms with Gasteiger partial charge in [-0.2, -0.15) is 0 Å². The first-order chi connectivity index (χ1) is 12.7. The fourth-order valence-corrected chi connectivity index (χ4v) is 5.43. The average molecular weight is 410 g/mol. The molecule has 1 aromatic heterocycles. The maximum atomic E-state index is 11.0. The molecule has 3 N–H and O–H groups in total. The van der Waals surface area contributed by atoms with E-state index in [1.807, 2.05) is 12.1 Å². The van der Waals surface area contributed by atoms with Gasteiger partial charge < -0.3 is 0 Å². The molecule has 5 heteroatoms. The molecule has 26 heavy (non-hydrogen) atoms. The normalized spacial score (nSPS) is 11.8. The second kappa shape index (κ2) is 8.88. The van der Waals surface area contributed by atoms with Crippen molar-refractivity contribution in [3.05, 3.63) is 77.0 Å². The summed E-state index contributed by atoms with van der Waals surface area (Å²) in [6.45, 7) is 2.17. The van der Waals surface area contributed by atoms with Crippen LogP contribution in [0, 0.1) is 6.92 Å². The van der Waals surface area contributed by atoms with Crippen molar-refractivity contribution < 1.29 is 10.0 Å². The number of benzene rings is 2. The summed E-state index contributed by atoms with van der Waals surface area (Å²) in [7, 11) is 0. The van der Waals surface area contributed by atoms with Gasteiger partial charge in [0.2, 0.25) is 0 Å². The van der Waals surface area contributed by atoms with Crippen LogP contribution >= 0.6 is 0 Å². The van der Waals surface area contributed by atoms with E-state index in [9.17, 15) is 4.79 Å². The quantitative estimate of drug-likeness (QED) is 0.183. The molecule has 0 bridgehead atoms. The van der Waals surface area contributed by atoms with E-state index in [1.165, 1.54) is 44.2 Å². The van der Waals surface area contributed by atoms with Gasteiger partial charge >= 0.3 is 160 Å². The summed E-state index contributed by atoms with van der Waals surface area (Å²) in [5, 5.41) is 12.3. The number of amides is 1. The van der Waals surface area contributed by atoms with E-state index >= 15 is 0 Å². The van der Waals surface area contributed by atoms with Crippen molar-refractivity contribution >= 4 is 38.6 Å². The van der Waals surface area contributed by atoms with Crippen molar-refractivity contribution in [2.45, 2.75) is 23.8 Å². The molecule has 1 heterocycles. The molecular weight excluding hydrogens is 387 g/mol. The summed E-state index contributed by atoms with van der Waals surface area (Å²) >= 11 is -0.0309. The van der Waals surface area contributed by atoms with Crippen LogP contribution in [0.25, 0.3) is 17.0 Å². The number of para-hydroxylation sites is 1. The predicted octanol–water partition coefficient (Wildman–Crippen LogP) is 3.59. The van der Waals surface area contributed by atoms with Crippen molar-refractivity contribution in [1.29, 1.82) is 0 Å². The molecule has 0 aliphatic carbocycles. The van der Waals surface area contributed by atoms with Gasteiger partial charge in [-0.3, -0.25) is 0 Å². The van der Waals surface area contributed by atoms with Crippen LogP contribution in [0.1, 0.15) is 22.4 Å². The van der Waals surface area contributed by atoms with Gasteiger partial charge in [0.25, 0.3) is 0 Å². The number of carbonyl (C=O) groups is 1. The van der Waals surface area contributed by atoms with E-state index in [2.05, 4.69) is 48.3 Å². The monoisotopic (exact) mass is 410 g/mol. The third-order valence-corrected chi connectivity index (χ3v) is 7.07. The standard InChI is InChI=1S/C21H23AsN2O2/c1-15-18(19-4-2-3-5-20(19)23-15)12-13-22-14-17-8-6-16(7-9-17)10-11-21(25)24-26/h2-11,22-23,26H,12-14H2,1H3,(H,24,25). The Balaban J connectivity index is 1.51. The van der Waals surface area contributed by atoms with Gasteiger partial charge in [0.05, 0.1) is 0 Å². The van der Waals surface area contributed by atoms with Gasteiger partial charge in [-0.05, 0) is 0 Å². The molecule has 4 nitrogen and oxygen atoms in total. The second-order valence-electron chi connectivity index (χ2n) is 6.25. The first-order valence-electron chi connectivity index (χ1n) is 8.65. The molecule has 0 saturated heterocycles. The summed E-state index contributed by atoms with van der Waals surface area (Å²) in [6, 6.07) is 16.8. The molecule has 0 fully saturated rings. The summed E-state index contributed by atoms with van der Waals surface area (Å²) in [5.41, 5.74) is 7.88. The van der Waals surface area contributed by atoms with Gasteiger partial charge in [-0.15, -0.1) is 0 Å². The van der Waals surface area contributed by atoms with Crippen molar-refractivity contribution in [2.24, 2.45) is 0 Å². The molecule has 3 rings (SSSR count). The maximum absolute atomic E-state index is 11.0. The number of carbonyl (C=O) groups excluding carboxylic acids is 1. The van der Waals surface area contributed by atoms with Crippen molar-refractivity contribution in [3.63, 3.8) is 0 Å². The molecule has 1 amide bonds. The molecule has 0 spiro atoms. The minimum absolute atomic E-state index is 0.0309. The Labute approximate surface area is 160 Å². The number of rotatable bonds is 7. The Morgan fingerprint density at radius 3 is 2.73 bits per heavy atom. The van der Waals surface area contributed by atoms with Gasteiger partial charge in [0.15, 0.2) is 0 Å². The zero-order valence-electron chi connectivity index (χ0n) is 14.8. The molecule has 2 aromatic carbocycles. The van der Waals surface area contributed by atoms with Gasteiger partial charge in [-0.25, -0.2) is 0 Å². The topological polar surface area (TPSA) is 65.1 Å².